The van der Waals surface area contributed by atoms with Gasteiger partial charge in [0.15, 0.2) is 0 Å². The maximum Gasteiger partial charge on any atom is 0.307 e. The summed E-state index contributed by atoms with van der Waals surface area (Å²) in [7, 11) is 0. The number of aromatic nitrogens is 3. The molecule has 1 amide bonds. The number of nitrogens with one attached hydrogen (secondary N) is 1. The van der Waals surface area contributed by atoms with Crippen LogP contribution in [0, 0.1) is 17.0 Å². The summed E-state index contributed by atoms with van der Waals surface area (Å²) in [4.78, 5) is 16.6. The molecule has 33 heavy (non-hydrogen) atoms. The van der Waals surface area contributed by atoms with Crippen molar-refractivity contribution in [2.24, 2.45) is 5.41 Å². The van der Waals surface area contributed by atoms with Gasteiger partial charge in [0, 0.05) is 17.9 Å². The van der Waals surface area contributed by atoms with Crippen molar-refractivity contribution in [1.82, 2.24) is 20.5 Å². The molecule has 2 bridgehead atoms. The third-order valence-corrected chi connectivity index (χ3v) is 7.92. The second-order valence-corrected chi connectivity index (χ2v) is 9.57. The number of hydrogen-bond donors (Lipinski definition) is 1. The Morgan fingerprint density at radius 3 is 2.70 bits per heavy atom. The summed E-state index contributed by atoms with van der Waals surface area (Å²) in [5.41, 5.74) is 1.98. The van der Waals surface area contributed by atoms with Gasteiger partial charge in [0.1, 0.15) is 17.9 Å². The van der Waals surface area contributed by atoms with Crippen molar-refractivity contribution < 1.29 is 18.0 Å². The standard InChI is InChI=1S/C25H26F2N4O2/c1-5-28-22(32)23-29-19(12-33-23)13(2)25-10-9-15(24(25,3)4)14-11-18(30-31-21(14)25)20-16(26)7-6-8-17(20)27/h6-8,11-13,15H,5,9-10H2,1-4H3,(H,28,32)/t13-,15+,25-/m1/s1. The van der Waals surface area contributed by atoms with Crippen molar-refractivity contribution >= 4 is 5.91 Å². The molecule has 6 nitrogen and oxygen atoms in total. The molecule has 172 valence electrons. The van der Waals surface area contributed by atoms with E-state index < -0.39 is 11.6 Å². The van der Waals surface area contributed by atoms with E-state index in [0.29, 0.717) is 12.2 Å². The number of fused-ring (bicyclic) bond motifs is 5. The molecule has 3 aromatic rings. The molecule has 0 saturated heterocycles. The average Bonchev–Trinajstić information content (AvgIpc) is 3.42. The Balaban J connectivity index is 1.60. The molecule has 0 radical (unpaired) electrons. The van der Waals surface area contributed by atoms with Crippen LogP contribution >= 0.6 is 0 Å². The molecule has 2 aliphatic rings. The quantitative estimate of drug-likeness (QED) is 0.581. The van der Waals surface area contributed by atoms with Gasteiger partial charge in [-0.2, -0.15) is 10.2 Å². The van der Waals surface area contributed by atoms with Gasteiger partial charge in [-0.3, -0.25) is 4.79 Å². The first-order valence-corrected chi connectivity index (χ1v) is 11.3. The molecule has 1 saturated carbocycles. The fourth-order valence-corrected chi connectivity index (χ4v) is 6.27. The maximum absolute atomic E-state index is 14.4. The van der Waals surface area contributed by atoms with E-state index in [4.69, 9.17) is 4.42 Å². The smallest absolute Gasteiger partial charge is 0.307 e. The van der Waals surface area contributed by atoms with E-state index in [1.54, 1.807) is 12.3 Å². The van der Waals surface area contributed by atoms with Crippen LogP contribution in [0.1, 0.15) is 80.0 Å². The molecule has 0 aliphatic heterocycles. The number of carbonyl (C=O) groups excluding carboxylic acids is 1. The summed E-state index contributed by atoms with van der Waals surface area (Å²) in [6, 6.07) is 5.59. The van der Waals surface area contributed by atoms with Crippen LogP contribution in [-0.4, -0.2) is 27.6 Å². The average molecular weight is 453 g/mol. The Labute approximate surface area is 190 Å². The van der Waals surface area contributed by atoms with E-state index in [2.05, 4.69) is 41.3 Å². The number of nitrogens with zero attached hydrogens (tertiary/aromatic N) is 3. The number of rotatable bonds is 5. The lowest BCUT2D eigenvalue weighted by molar-refractivity contribution is 0.0921. The summed E-state index contributed by atoms with van der Waals surface area (Å²) >= 11 is 0. The normalized spacial score (nSPS) is 23.4. The van der Waals surface area contributed by atoms with E-state index in [0.717, 1.165) is 24.1 Å². The predicted octanol–water partition coefficient (Wildman–Crippen LogP) is 5.12. The monoisotopic (exact) mass is 452 g/mol. The van der Waals surface area contributed by atoms with Gasteiger partial charge in [0.2, 0.25) is 0 Å². The lowest BCUT2D eigenvalue weighted by atomic mass is 9.61. The number of amides is 1. The molecule has 2 aliphatic carbocycles. The van der Waals surface area contributed by atoms with Crippen LogP contribution in [0.2, 0.25) is 0 Å². The highest BCUT2D eigenvalue weighted by Gasteiger charge is 2.66. The summed E-state index contributed by atoms with van der Waals surface area (Å²) in [6.45, 7) is 8.80. The van der Waals surface area contributed by atoms with Gasteiger partial charge in [0.05, 0.1) is 22.6 Å². The van der Waals surface area contributed by atoms with Gasteiger partial charge in [-0.25, -0.2) is 13.8 Å². The van der Waals surface area contributed by atoms with E-state index in [1.807, 2.05) is 6.92 Å². The van der Waals surface area contributed by atoms with Crippen molar-refractivity contribution in [2.45, 2.75) is 57.8 Å². The molecule has 2 heterocycles. The maximum atomic E-state index is 14.4. The highest BCUT2D eigenvalue weighted by Crippen LogP contribution is 2.71. The minimum absolute atomic E-state index is 0.0390. The number of carbonyl (C=O) groups is 1. The fourth-order valence-electron chi connectivity index (χ4n) is 6.27. The molecule has 1 N–H and O–H groups in total. The van der Waals surface area contributed by atoms with Crippen LogP contribution in [0.25, 0.3) is 11.3 Å². The first-order chi connectivity index (χ1) is 15.7. The van der Waals surface area contributed by atoms with E-state index in [1.165, 1.54) is 18.2 Å². The summed E-state index contributed by atoms with van der Waals surface area (Å²) in [5.74, 6) is -1.55. The molecule has 8 heteroatoms. The molecule has 2 aromatic heterocycles. The summed E-state index contributed by atoms with van der Waals surface area (Å²) in [5, 5.41) is 11.5. The predicted molar refractivity (Wildman–Crippen MR) is 118 cm³/mol. The highest BCUT2D eigenvalue weighted by molar-refractivity contribution is 5.89. The van der Waals surface area contributed by atoms with Crippen molar-refractivity contribution in [3.63, 3.8) is 0 Å². The van der Waals surface area contributed by atoms with E-state index in [9.17, 15) is 13.6 Å². The minimum atomic E-state index is -0.657. The Kier molecular flexibility index (Phi) is 4.88. The van der Waals surface area contributed by atoms with Gasteiger partial charge in [-0.05, 0) is 54.9 Å². The van der Waals surface area contributed by atoms with Crippen LogP contribution in [0.3, 0.4) is 0 Å². The first kappa shape index (κ1) is 21.7. The fraction of sp³-hybridized carbons (Fsp3) is 0.440. The molecule has 1 fully saturated rings. The molecular weight excluding hydrogens is 426 g/mol. The zero-order valence-corrected chi connectivity index (χ0v) is 19.1. The van der Waals surface area contributed by atoms with Crippen LogP contribution in [-0.2, 0) is 5.41 Å². The van der Waals surface area contributed by atoms with Gasteiger partial charge in [-0.1, -0.05) is 26.8 Å². The van der Waals surface area contributed by atoms with E-state index in [-0.39, 0.29) is 45.7 Å². The van der Waals surface area contributed by atoms with Gasteiger partial charge >= 0.3 is 5.91 Å². The number of oxazole rings is 1. The van der Waals surface area contributed by atoms with Crippen LogP contribution in [0.4, 0.5) is 8.78 Å². The second-order valence-electron chi connectivity index (χ2n) is 9.57. The third-order valence-electron chi connectivity index (χ3n) is 7.92. The lowest BCUT2D eigenvalue weighted by Crippen LogP contribution is -2.40. The lowest BCUT2D eigenvalue weighted by Gasteiger charge is -2.42. The van der Waals surface area contributed by atoms with Crippen LogP contribution in [0.5, 0.6) is 0 Å². The SMILES string of the molecule is CCNC(=O)c1nc([C@@H](C)[C@]23CC[C@@H](c4cc(-c5c(F)cccc5F)nnc42)C3(C)C)co1. The number of hydrogen-bond acceptors (Lipinski definition) is 5. The Morgan fingerprint density at radius 1 is 1.27 bits per heavy atom. The zero-order valence-electron chi connectivity index (χ0n) is 19.1. The van der Waals surface area contributed by atoms with Crippen molar-refractivity contribution in [3.8, 4) is 11.3 Å². The molecular formula is C25H26F2N4O2. The Hall–Kier alpha value is -3.16. The largest absolute Gasteiger partial charge is 0.441 e. The number of halogens is 2. The molecule has 0 unspecified atom stereocenters. The summed E-state index contributed by atoms with van der Waals surface area (Å²) < 4.78 is 34.3. The molecule has 3 atom stereocenters. The van der Waals surface area contributed by atoms with Crippen LogP contribution in [0.15, 0.2) is 34.9 Å². The highest BCUT2D eigenvalue weighted by atomic mass is 19.1. The second kappa shape index (κ2) is 7.43. The Morgan fingerprint density at radius 2 is 2.00 bits per heavy atom. The first-order valence-electron chi connectivity index (χ1n) is 11.3. The minimum Gasteiger partial charge on any atom is -0.441 e. The zero-order chi connectivity index (χ0) is 23.5. The topological polar surface area (TPSA) is 80.9 Å². The van der Waals surface area contributed by atoms with Crippen molar-refractivity contribution in [2.75, 3.05) is 6.54 Å². The van der Waals surface area contributed by atoms with Gasteiger partial charge < -0.3 is 9.73 Å². The van der Waals surface area contributed by atoms with Gasteiger partial charge in [-0.15, -0.1) is 0 Å². The van der Waals surface area contributed by atoms with Crippen molar-refractivity contribution in [1.29, 1.82) is 0 Å². The molecule has 0 spiro atoms. The van der Waals surface area contributed by atoms with Crippen LogP contribution < -0.4 is 5.32 Å². The summed E-state index contributed by atoms with van der Waals surface area (Å²) in [6.07, 6.45) is 3.35. The molecule has 1 aromatic carbocycles. The Bertz CT molecular complexity index is 1230. The molecule has 5 rings (SSSR count). The third kappa shape index (κ3) is 2.89. The van der Waals surface area contributed by atoms with Crippen molar-refractivity contribution in [3.05, 3.63) is 65.0 Å². The number of benzene rings is 1. The van der Waals surface area contributed by atoms with E-state index >= 15 is 0 Å². The van der Waals surface area contributed by atoms with Gasteiger partial charge in [0.25, 0.3) is 5.89 Å².